The molecule has 6 heteroatoms. The van der Waals surface area contributed by atoms with Crippen LogP contribution in [-0.4, -0.2) is 50.5 Å². The summed E-state index contributed by atoms with van der Waals surface area (Å²) in [5.74, 6) is 0. The van der Waals surface area contributed by atoms with Crippen LogP contribution in [0.1, 0.15) is 0 Å². The summed E-state index contributed by atoms with van der Waals surface area (Å²) in [5.41, 5.74) is 0. The van der Waals surface area contributed by atoms with Gasteiger partial charge in [-0.25, -0.2) is 0 Å². The first-order valence-corrected chi connectivity index (χ1v) is 8.45. The molecule has 0 atom stereocenters. The Balaban J connectivity index is 2.88. The van der Waals surface area contributed by atoms with E-state index in [2.05, 4.69) is 61.6 Å². The van der Waals surface area contributed by atoms with Gasteiger partial charge >= 0.3 is 14.0 Å². The van der Waals surface area contributed by atoms with E-state index in [4.69, 9.17) is 0 Å². The van der Waals surface area contributed by atoms with E-state index in [0.717, 1.165) is 0 Å². The average Bonchev–Trinajstić information content (AvgIpc) is 2.14. The Morgan fingerprint density at radius 3 is 1.31 bits per heavy atom. The Kier molecular flexibility index (Phi) is 2.97. The molecule has 0 spiro atoms. The highest BCUT2D eigenvalue weighted by atomic mass is 28.3. The van der Waals surface area contributed by atoms with E-state index in [-0.39, 0.29) is 0 Å². The smallest absolute Gasteiger partial charge is 0.303 e. The Labute approximate surface area is 84.4 Å². The lowest BCUT2D eigenvalue weighted by atomic mass is 9.70. The molecule has 74 valence electrons. The monoisotopic (exact) mass is 197 g/mol. The van der Waals surface area contributed by atoms with Crippen LogP contribution in [-0.2, 0) is 0 Å². The molecular weight excluding hydrogens is 176 g/mol. The molecule has 0 bridgehead atoms. The fraction of sp³-hybridized carbons (Fsp3) is 1.00. The van der Waals surface area contributed by atoms with Crippen molar-refractivity contribution in [2.75, 3.05) is 14.1 Å². The van der Waals surface area contributed by atoms with Crippen molar-refractivity contribution in [3.05, 3.63) is 0 Å². The number of hydrogen-bond donors (Lipinski definition) is 0. The SMILES string of the molecule is CB1N(C)N(C)B(C)N1[Si](C)(C)C. The summed E-state index contributed by atoms with van der Waals surface area (Å²) in [4.78, 5) is 4.64. The fourth-order valence-corrected chi connectivity index (χ4v) is 4.90. The summed E-state index contributed by atoms with van der Waals surface area (Å²) in [6.45, 7) is 12.9. The number of rotatable bonds is 1. The number of hydrazine groups is 1. The lowest BCUT2D eigenvalue weighted by molar-refractivity contribution is 0.245. The molecule has 0 aliphatic carbocycles. The van der Waals surface area contributed by atoms with Gasteiger partial charge in [-0.3, -0.25) is 9.84 Å². The van der Waals surface area contributed by atoms with Crippen LogP contribution in [0.4, 0.5) is 0 Å². The van der Waals surface area contributed by atoms with E-state index in [1.54, 1.807) is 0 Å². The van der Waals surface area contributed by atoms with Gasteiger partial charge in [-0.2, -0.15) is 0 Å². The molecule has 0 radical (unpaired) electrons. The highest BCUT2D eigenvalue weighted by Gasteiger charge is 2.47. The Hall–Kier alpha value is 0.227. The minimum Gasteiger partial charge on any atom is -0.378 e. The van der Waals surface area contributed by atoms with Crippen LogP contribution in [0.15, 0.2) is 0 Å². The molecule has 3 nitrogen and oxygen atoms in total. The molecule has 1 fully saturated rings. The summed E-state index contributed by atoms with van der Waals surface area (Å²) in [7, 11) is 3.15. The molecule has 0 amide bonds. The second kappa shape index (κ2) is 3.42. The van der Waals surface area contributed by atoms with Gasteiger partial charge in [0.1, 0.15) is 0 Å². The molecule has 1 aliphatic heterocycles. The summed E-state index contributed by atoms with van der Waals surface area (Å²) < 4.78 is 2.66. The van der Waals surface area contributed by atoms with E-state index in [1.807, 2.05) is 0 Å². The first kappa shape index (κ1) is 11.3. The summed E-state index contributed by atoms with van der Waals surface area (Å²) >= 11 is 0. The first-order valence-electron chi connectivity index (χ1n) is 5.01. The Morgan fingerprint density at radius 2 is 1.15 bits per heavy atom. The predicted molar refractivity (Wildman–Crippen MR) is 63.9 cm³/mol. The fourth-order valence-electron chi connectivity index (χ4n) is 2.32. The van der Waals surface area contributed by atoms with Gasteiger partial charge in [-0.1, -0.05) is 33.3 Å². The first-order chi connectivity index (χ1) is 5.76. The van der Waals surface area contributed by atoms with E-state index < -0.39 is 8.24 Å². The van der Waals surface area contributed by atoms with Crippen molar-refractivity contribution in [1.29, 1.82) is 0 Å². The van der Waals surface area contributed by atoms with Gasteiger partial charge in [0.25, 0.3) is 0 Å². The van der Waals surface area contributed by atoms with E-state index in [9.17, 15) is 0 Å². The van der Waals surface area contributed by atoms with Crippen LogP contribution in [0.2, 0.25) is 33.3 Å². The van der Waals surface area contributed by atoms with Crippen molar-refractivity contribution in [2.24, 2.45) is 0 Å². The molecule has 0 unspecified atom stereocenters. The molecule has 0 N–H and O–H groups in total. The third-order valence-electron chi connectivity index (χ3n) is 3.16. The molecule has 1 aliphatic rings. The molecular formula is C7H21B2N3Si. The lowest BCUT2D eigenvalue weighted by Crippen LogP contribution is -2.57. The molecule has 0 aromatic carbocycles. The van der Waals surface area contributed by atoms with Gasteiger partial charge in [0, 0.05) is 0 Å². The maximum Gasteiger partial charge on any atom is 0.303 e. The molecule has 1 heterocycles. The van der Waals surface area contributed by atoms with Crippen LogP contribution >= 0.6 is 0 Å². The summed E-state index contributed by atoms with van der Waals surface area (Å²) in [6.07, 6.45) is 0. The van der Waals surface area contributed by atoms with Gasteiger partial charge in [0.2, 0.25) is 0 Å². The highest BCUT2D eigenvalue weighted by Crippen LogP contribution is 2.23. The second-order valence-corrected chi connectivity index (χ2v) is 9.85. The quantitative estimate of drug-likeness (QED) is 0.583. The van der Waals surface area contributed by atoms with Gasteiger partial charge in [-0.15, -0.1) is 0 Å². The Morgan fingerprint density at radius 1 is 0.846 bits per heavy atom. The van der Waals surface area contributed by atoms with Crippen LogP contribution in [0, 0.1) is 0 Å². The number of hydrogen-bond acceptors (Lipinski definition) is 3. The zero-order valence-electron chi connectivity index (χ0n) is 10.00. The van der Waals surface area contributed by atoms with Crippen molar-refractivity contribution in [3.63, 3.8) is 0 Å². The molecule has 1 rings (SSSR count). The Bertz CT molecular complexity index is 183. The zero-order valence-corrected chi connectivity index (χ0v) is 11.0. The standard InChI is InChI=1S/C7H21B2N3Si/c1-8-10(3)11(4)9(2)12(8)13(5,6)7/h1-7H3. The molecule has 1 saturated heterocycles. The lowest BCUT2D eigenvalue weighted by Gasteiger charge is -2.35. The van der Waals surface area contributed by atoms with Crippen LogP contribution in [0.25, 0.3) is 0 Å². The number of nitrogens with zero attached hydrogens (tertiary/aromatic N) is 3. The molecule has 0 aromatic rings. The third kappa shape index (κ3) is 1.86. The largest absolute Gasteiger partial charge is 0.378 e. The minimum absolute atomic E-state index is 0.548. The van der Waals surface area contributed by atoms with E-state index >= 15 is 0 Å². The van der Waals surface area contributed by atoms with Crippen LogP contribution in [0.3, 0.4) is 0 Å². The van der Waals surface area contributed by atoms with Gasteiger partial charge in [-0.05, 0) is 14.1 Å². The van der Waals surface area contributed by atoms with Crippen LogP contribution in [0.5, 0.6) is 0 Å². The summed E-state index contributed by atoms with van der Waals surface area (Å²) in [5, 5.41) is 0. The minimum atomic E-state index is -1.18. The maximum atomic E-state index is 2.66. The maximum absolute atomic E-state index is 2.66. The predicted octanol–water partition coefficient (Wildman–Crippen LogP) is 1.15. The van der Waals surface area contributed by atoms with Crippen molar-refractivity contribution in [3.8, 4) is 0 Å². The summed E-state index contributed by atoms with van der Waals surface area (Å²) in [6, 6.07) is 0. The van der Waals surface area contributed by atoms with Crippen molar-refractivity contribution >= 4 is 22.2 Å². The van der Waals surface area contributed by atoms with Gasteiger partial charge in [0.15, 0.2) is 0 Å². The molecule has 13 heavy (non-hydrogen) atoms. The molecule has 0 saturated carbocycles. The molecule has 0 aromatic heterocycles. The zero-order chi connectivity index (χ0) is 10.4. The van der Waals surface area contributed by atoms with Gasteiger partial charge < -0.3 is 4.39 Å². The van der Waals surface area contributed by atoms with Crippen molar-refractivity contribution in [1.82, 2.24) is 14.2 Å². The van der Waals surface area contributed by atoms with Crippen molar-refractivity contribution < 1.29 is 0 Å². The highest BCUT2D eigenvalue weighted by molar-refractivity contribution is 6.93. The van der Waals surface area contributed by atoms with E-state index in [1.165, 1.54) is 0 Å². The van der Waals surface area contributed by atoms with E-state index in [0.29, 0.717) is 14.0 Å². The topological polar surface area (TPSA) is 9.72 Å². The normalized spacial score (nSPS) is 23.3. The van der Waals surface area contributed by atoms with Crippen molar-refractivity contribution in [2.45, 2.75) is 33.3 Å². The van der Waals surface area contributed by atoms with Gasteiger partial charge in [0.05, 0.1) is 8.24 Å². The average molecular weight is 197 g/mol. The van der Waals surface area contributed by atoms with Crippen LogP contribution < -0.4 is 0 Å². The second-order valence-electron chi connectivity index (χ2n) is 4.99. The third-order valence-corrected chi connectivity index (χ3v) is 5.46.